The minimum absolute atomic E-state index is 0.104. The van der Waals surface area contributed by atoms with Gasteiger partial charge in [0.1, 0.15) is 12.1 Å². The van der Waals surface area contributed by atoms with Crippen molar-refractivity contribution in [3.05, 3.63) is 23.4 Å². The number of hydrogen-bond donors (Lipinski definition) is 4. The maximum absolute atomic E-state index is 10.7. The Morgan fingerprint density at radius 2 is 1.71 bits per heavy atom. The summed E-state index contributed by atoms with van der Waals surface area (Å²) in [6, 6.07) is 3.81. The Labute approximate surface area is 173 Å². The van der Waals surface area contributed by atoms with Crippen molar-refractivity contribution < 1.29 is 9.59 Å². The Morgan fingerprint density at radius 3 is 2.14 bits per heavy atom. The fourth-order valence-electron chi connectivity index (χ4n) is 1.58. The molecule has 0 bridgehead atoms. The summed E-state index contributed by atoms with van der Waals surface area (Å²) >= 11 is 0. The number of amides is 1. The Morgan fingerprint density at radius 1 is 1.14 bits per heavy atom. The standard InChI is InChI=1S/C8H13N3.C7H14N2O2.3C2H6/c1-6-7(5-10-2)3-4-8(9)11-6;1-2-3-8-6-7(11)9-4-5-10;3*1-2/h3-4,10H,5H2,1-2H3,(H2,9,11);5,8H,2-4,6H2,1H3,(H,9,11);3*1-2H3. The number of carbonyl (C=O) groups is 2. The summed E-state index contributed by atoms with van der Waals surface area (Å²) < 4.78 is 0. The monoisotopic (exact) mass is 399 g/mol. The molecule has 0 aliphatic rings. The van der Waals surface area contributed by atoms with Crippen molar-refractivity contribution in [2.45, 2.75) is 68.4 Å². The quantitative estimate of drug-likeness (QED) is 0.395. The van der Waals surface area contributed by atoms with Crippen molar-refractivity contribution in [3.8, 4) is 0 Å². The van der Waals surface area contributed by atoms with Gasteiger partial charge >= 0.3 is 0 Å². The molecule has 166 valence electrons. The Hall–Kier alpha value is -1.99. The summed E-state index contributed by atoms with van der Waals surface area (Å²) in [5.41, 5.74) is 7.69. The van der Waals surface area contributed by atoms with Gasteiger partial charge in [0, 0.05) is 12.2 Å². The van der Waals surface area contributed by atoms with Gasteiger partial charge in [0.25, 0.3) is 0 Å². The van der Waals surface area contributed by atoms with E-state index in [9.17, 15) is 9.59 Å². The molecule has 1 aromatic rings. The lowest BCUT2D eigenvalue weighted by molar-refractivity contribution is -0.121. The number of aryl methyl sites for hydroxylation is 1. The lowest BCUT2D eigenvalue weighted by atomic mass is 10.2. The molecule has 0 unspecified atom stereocenters. The minimum atomic E-state index is -0.134. The fourth-order valence-corrected chi connectivity index (χ4v) is 1.58. The second kappa shape index (κ2) is 29.8. The van der Waals surface area contributed by atoms with Gasteiger partial charge < -0.3 is 26.5 Å². The van der Waals surface area contributed by atoms with E-state index in [1.165, 1.54) is 5.56 Å². The van der Waals surface area contributed by atoms with Gasteiger partial charge in [-0.25, -0.2) is 4.98 Å². The van der Waals surface area contributed by atoms with Crippen LogP contribution in [0.4, 0.5) is 5.82 Å². The molecule has 0 atom stereocenters. The summed E-state index contributed by atoms with van der Waals surface area (Å²) in [7, 11) is 1.91. The van der Waals surface area contributed by atoms with Gasteiger partial charge in [0.2, 0.25) is 5.91 Å². The molecule has 5 N–H and O–H groups in total. The lowest BCUT2D eigenvalue weighted by Crippen LogP contribution is -2.34. The van der Waals surface area contributed by atoms with Crippen LogP contribution in [-0.4, -0.2) is 43.9 Å². The highest BCUT2D eigenvalue weighted by Crippen LogP contribution is 2.06. The third kappa shape index (κ3) is 24.0. The Bertz CT molecular complexity index is 454. The highest BCUT2D eigenvalue weighted by Gasteiger charge is 1.97. The van der Waals surface area contributed by atoms with Crippen molar-refractivity contribution >= 4 is 18.0 Å². The van der Waals surface area contributed by atoms with Crippen LogP contribution in [0.1, 0.15) is 66.1 Å². The van der Waals surface area contributed by atoms with Gasteiger partial charge in [0.15, 0.2) is 0 Å². The third-order valence-corrected chi connectivity index (χ3v) is 2.68. The molecule has 0 fully saturated rings. The Balaban J connectivity index is -0.000000162. The molecule has 1 heterocycles. The van der Waals surface area contributed by atoms with Crippen molar-refractivity contribution in [2.75, 3.05) is 32.4 Å². The number of nitrogens with one attached hydrogen (secondary N) is 3. The maximum atomic E-state index is 10.7. The first kappa shape index (κ1) is 33.6. The molecular formula is C21H45N5O2. The van der Waals surface area contributed by atoms with Gasteiger partial charge in [-0.1, -0.05) is 54.5 Å². The summed E-state index contributed by atoms with van der Waals surface area (Å²) in [4.78, 5) is 24.7. The van der Waals surface area contributed by atoms with Crippen LogP contribution in [0.15, 0.2) is 12.1 Å². The molecular weight excluding hydrogens is 354 g/mol. The molecule has 0 saturated heterocycles. The smallest absolute Gasteiger partial charge is 0.234 e. The fraction of sp³-hybridized carbons (Fsp3) is 0.667. The number of anilines is 1. The van der Waals surface area contributed by atoms with Crippen LogP contribution in [0.25, 0.3) is 0 Å². The highest BCUT2D eigenvalue weighted by molar-refractivity contribution is 5.80. The van der Waals surface area contributed by atoms with Crippen LogP contribution >= 0.6 is 0 Å². The number of nitrogens with two attached hydrogens (primary N) is 1. The minimum Gasteiger partial charge on any atom is -0.384 e. The summed E-state index contributed by atoms with van der Waals surface area (Å²) in [6.45, 7) is 18.1. The zero-order chi connectivity index (χ0) is 22.8. The molecule has 0 spiro atoms. The number of carbonyl (C=O) groups excluding carboxylic acids is 2. The van der Waals surface area contributed by atoms with Gasteiger partial charge in [-0.2, -0.15) is 0 Å². The topological polar surface area (TPSA) is 109 Å². The molecule has 0 aromatic carbocycles. The number of pyridine rings is 1. The first-order valence-electron chi connectivity index (χ1n) is 10.3. The number of rotatable bonds is 8. The average molecular weight is 400 g/mol. The van der Waals surface area contributed by atoms with Crippen LogP contribution < -0.4 is 21.7 Å². The van der Waals surface area contributed by atoms with Crippen molar-refractivity contribution in [1.29, 1.82) is 0 Å². The van der Waals surface area contributed by atoms with Crippen LogP contribution in [0.2, 0.25) is 0 Å². The van der Waals surface area contributed by atoms with E-state index >= 15 is 0 Å². The summed E-state index contributed by atoms with van der Waals surface area (Å²) in [6.07, 6.45) is 1.67. The van der Waals surface area contributed by atoms with E-state index in [1.807, 2.05) is 74.6 Å². The van der Waals surface area contributed by atoms with Crippen LogP contribution in [0.5, 0.6) is 0 Å². The van der Waals surface area contributed by atoms with Crippen LogP contribution in [0, 0.1) is 6.92 Å². The second-order valence-corrected chi connectivity index (χ2v) is 4.66. The Kier molecular flexibility index (Phi) is 35.7. The zero-order valence-electron chi connectivity index (χ0n) is 19.6. The molecule has 1 rings (SSSR count). The van der Waals surface area contributed by atoms with E-state index in [2.05, 4.69) is 20.9 Å². The molecule has 28 heavy (non-hydrogen) atoms. The zero-order valence-corrected chi connectivity index (χ0v) is 19.6. The molecule has 1 aromatic heterocycles. The molecule has 7 nitrogen and oxygen atoms in total. The molecule has 0 aliphatic heterocycles. The first-order valence-corrected chi connectivity index (χ1v) is 10.3. The normalized spacial score (nSPS) is 8.18. The first-order chi connectivity index (χ1) is 13.5. The predicted molar refractivity (Wildman–Crippen MR) is 122 cm³/mol. The van der Waals surface area contributed by atoms with Crippen molar-refractivity contribution in [3.63, 3.8) is 0 Å². The van der Waals surface area contributed by atoms with E-state index in [0.29, 0.717) is 18.6 Å². The highest BCUT2D eigenvalue weighted by atomic mass is 16.2. The SMILES string of the molecule is CC.CC.CC.CCCNCC(=O)NCC=O.CNCc1ccc(N)nc1C. The predicted octanol–water partition coefficient (Wildman–Crippen LogP) is 3.07. The van der Waals surface area contributed by atoms with Crippen molar-refractivity contribution in [1.82, 2.24) is 20.9 Å². The summed E-state index contributed by atoms with van der Waals surface area (Å²) in [5.74, 6) is 0.452. The largest absolute Gasteiger partial charge is 0.384 e. The van der Waals surface area contributed by atoms with Gasteiger partial charge in [-0.3, -0.25) is 4.79 Å². The van der Waals surface area contributed by atoms with Gasteiger partial charge in [-0.05, 0) is 38.6 Å². The van der Waals surface area contributed by atoms with Gasteiger partial charge in [-0.15, -0.1) is 0 Å². The van der Waals surface area contributed by atoms with Crippen LogP contribution in [-0.2, 0) is 16.1 Å². The van der Waals surface area contributed by atoms with E-state index in [0.717, 1.165) is 25.2 Å². The van der Waals surface area contributed by atoms with Crippen LogP contribution in [0.3, 0.4) is 0 Å². The van der Waals surface area contributed by atoms with E-state index in [-0.39, 0.29) is 12.5 Å². The number of aromatic nitrogens is 1. The maximum Gasteiger partial charge on any atom is 0.234 e. The number of nitrogens with zero attached hydrogens (tertiary/aromatic N) is 1. The number of nitrogen functional groups attached to an aromatic ring is 1. The molecule has 1 amide bonds. The van der Waals surface area contributed by atoms with Gasteiger partial charge in [0.05, 0.1) is 13.1 Å². The third-order valence-electron chi connectivity index (χ3n) is 2.68. The lowest BCUT2D eigenvalue weighted by Gasteiger charge is -2.03. The van der Waals surface area contributed by atoms with E-state index < -0.39 is 0 Å². The molecule has 7 heteroatoms. The molecule has 0 saturated carbocycles. The average Bonchev–Trinajstić information content (AvgIpc) is 2.74. The molecule has 0 radical (unpaired) electrons. The summed E-state index contributed by atoms with van der Waals surface area (Å²) in [5, 5.41) is 8.40. The molecule has 0 aliphatic carbocycles. The second-order valence-electron chi connectivity index (χ2n) is 4.66. The van der Waals surface area contributed by atoms with E-state index in [4.69, 9.17) is 5.73 Å². The number of hydrogen-bond acceptors (Lipinski definition) is 6. The van der Waals surface area contributed by atoms with Crippen molar-refractivity contribution in [2.24, 2.45) is 0 Å². The number of aldehydes is 1. The van der Waals surface area contributed by atoms with E-state index in [1.54, 1.807) is 0 Å².